The molecule has 1 fully saturated rings. The van der Waals surface area contributed by atoms with Crippen molar-refractivity contribution in [1.29, 1.82) is 0 Å². The Labute approximate surface area is 140 Å². The van der Waals surface area contributed by atoms with Crippen molar-refractivity contribution in [3.8, 4) is 5.75 Å². The molecular formula is C17H23N3O2S. The maximum Gasteiger partial charge on any atom is 0.317 e. The van der Waals surface area contributed by atoms with Gasteiger partial charge in [-0.25, -0.2) is 4.79 Å². The van der Waals surface area contributed by atoms with Crippen LogP contribution in [0.3, 0.4) is 0 Å². The van der Waals surface area contributed by atoms with Crippen LogP contribution in [-0.4, -0.2) is 54.2 Å². The SMILES string of the molecule is COc1cccc2[nH]cc(CCNC(=O)N(C)[C@@H]3CCSC3)c12. The first-order valence-electron chi connectivity index (χ1n) is 7.92. The number of fused-ring (bicyclic) bond motifs is 1. The molecule has 1 aliphatic rings. The predicted octanol–water partition coefficient (Wildman–Crippen LogP) is 2.87. The molecule has 0 spiro atoms. The summed E-state index contributed by atoms with van der Waals surface area (Å²) in [5.41, 5.74) is 2.22. The van der Waals surface area contributed by atoms with Crippen LogP contribution in [0.15, 0.2) is 24.4 Å². The van der Waals surface area contributed by atoms with E-state index in [0.29, 0.717) is 12.6 Å². The molecule has 1 aliphatic heterocycles. The number of ether oxygens (including phenoxy) is 1. The van der Waals surface area contributed by atoms with Gasteiger partial charge in [-0.3, -0.25) is 0 Å². The van der Waals surface area contributed by atoms with Gasteiger partial charge in [-0.05, 0) is 36.3 Å². The van der Waals surface area contributed by atoms with E-state index < -0.39 is 0 Å². The number of thioether (sulfide) groups is 1. The lowest BCUT2D eigenvalue weighted by Gasteiger charge is -2.24. The number of aromatic amines is 1. The molecule has 0 unspecified atom stereocenters. The van der Waals surface area contributed by atoms with Crippen LogP contribution in [0.4, 0.5) is 4.79 Å². The summed E-state index contributed by atoms with van der Waals surface area (Å²) in [6.07, 6.45) is 3.87. The first-order valence-corrected chi connectivity index (χ1v) is 9.07. The maximum atomic E-state index is 12.2. The number of urea groups is 1. The largest absolute Gasteiger partial charge is 0.496 e. The van der Waals surface area contributed by atoms with Crippen molar-refractivity contribution in [2.45, 2.75) is 18.9 Å². The fraction of sp³-hybridized carbons (Fsp3) is 0.471. The average molecular weight is 333 g/mol. The van der Waals surface area contributed by atoms with E-state index in [1.165, 1.54) is 0 Å². The van der Waals surface area contributed by atoms with Gasteiger partial charge in [0.15, 0.2) is 0 Å². The van der Waals surface area contributed by atoms with E-state index in [4.69, 9.17) is 4.74 Å². The molecule has 1 aromatic carbocycles. The number of benzene rings is 1. The van der Waals surface area contributed by atoms with Gasteiger partial charge in [0, 0.05) is 42.5 Å². The Kier molecular flexibility index (Phi) is 5.00. The van der Waals surface area contributed by atoms with Crippen LogP contribution in [0.5, 0.6) is 5.75 Å². The molecule has 0 radical (unpaired) electrons. The third kappa shape index (κ3) is 3.42. The molecule has 2 aromatic rings. The van der Waals surface area contributed by atoms with Crippen LogP contribution in [0, 0.1) is 0 Å². The summed E-state index contributed by atoms with van der Waals surface area (Å²) in [5, 5.41) is 4.12. The molecule has 1 aromatic heterocycles. The molecule has 1 saturated heterocycles. The number of nitrogens with one attached hydrogen (secondary N) is 2. The minimum absolute atomic E-state index is 0.0179. The van der Waals surface area contributed by atoms with Crippen LogP contribution in [0.2, 0.25) is 0 Å². The second-order valence-electron chi connectivity index (χ2n) is 5.81. The molecule has 2 N–H and O–H groups in total. The number of hydrogen-bond donors (Lipinski definition) is 2. The lowest BCUT2D eigenvalue weighted by molar-refractivity contribution is 0.195. The zero-order valence-corrected chi connectivity index (χ0v) is 14.4. The summed E-state index contributed by atoms with van der Waals surface area (Å²) in [6, 6.07) is 6.35. The molecule has 6 heteroatoms. The second-order valence-corrected chi connectivity index (χ2v) is 6.96. The molecule has 2 heterocycles. The molecular weight excluding hydrogens is 310 g/mol. The first kappa shape index (κ1) is 16.1. The molecule has 2 amide bonds. The topological polar surface area (TPSA) is 57.4 Å². The highest BCUT2D eigenvalue weighted by molar-refractivity contribution is 7.99. The number of rotatable bonds is 5. The Morgan fingerprint density at radius 2 is 2.39 bits per heavy atom. The maximum absolute atomic E-state index is 12.2. The smallest absolute Gasteiger partial charge is 0.317 e. The third-order valence-electron chi connectivity index (χ3n) is 4.41. The van der Waals surface area contributed by atoms with Crippen molar-refractivity contribution < 1.29 is 9.53 Å². The van der Waals surface area contributed by atoms with Gasteiger partial charge in [0.1, 0.15) is 5.75 Å². The number of carbonyl (C=O) groups is 1. The van der Waals surface area contributed by atoms with Crippen molar-refractivity contribution in [1.82, 2.24) is 15.2 Å². The van der Waals surface area contributed by atoms with Gasteiger partial charge in [-0.15, -0.1) is 0 Å². The van der Waals surface area contributed by atoms with E-state index >= 15 is 0 Å². The standard InChI is InChI=1S/C17H23N3O2S/c1-20(13-7-9-23-11-13)17(21)18-8-6-12-10-19-14-4-3-5-15(22-2)16(12)14/h3-5,10,13,19H,6-9,11H2,1-2H3,(H,18,21)/t13-/m1/s1. The Morgan fingerprint density at radius 1 is 1.52 bits per heavy atom. The van der Waals surface area contributed by atoms with E-state index in [2.05, 4.69) is 10.3 Å². The van der Waals surface area contributed by atoms with Crippen molar-refractivity contribution in [3.63, 3.8) is 0 Å². The number of amides is 2. The van der Waals surface area contributed by atoms with Crippen LogP contribution in [-0.2, 0) is 6.42 Å². The lowest BCUT2D eigenvalue weighted by Crippen LogP contribution is -2.44. The van der Waals surface area contributed by atoms with Crippen LogP contribution >= 0.6 is 11.8 Å². The molecule has 5 nitrogen and oxygen atoms in total. The van der Waals surface area contributed by atoms with Crippen LogP contribution in [0.1, 0.15) is 12.0 Å². The predicted molar refractivity (Wildman–Crippen MR) is 95.4 cm³/mol. The Balaban J connectivity index is 1.59. The summed E-state index contributed by atoms with van der Waals surface area (Å²) in [6.45, 7) is 0.619. The van der Waals surface area contributed by atoms with E-state index in [-0.39, 0.29) is 6.03 Å². The zero-order chi connectivity index (χ0) is 16.2. The minimum Gasteiger partial charge on any atom is -0.496 e. The van der Waals surface area contributed by atoms with Crippen LogP contribution < -0.4 is 10.1 Å². The van der Waals surface area contributed by atoms with E-state index in [1.807, 2.05) is 48.1 Å². The number of hydrogen-bond acceptors (Lipinski definition) is 3. The molecule has 1 atom stereocenters. The molecule has 23 heavy (non-hydrogen) atoms. The fourth-order valence-electron chi connectivity index (χ4n) is 3.01. The summed E-state index contributed by atoms with van der Waals surface area (Å²) >= 11 is 1.92. The molecule has 3 rings (SSSR count). The van der Waals surface area contributed by atoms with E-state index in [1.54, 1.807) is 7.11 Å². The quantitative estimate of drug-likeness (QED) is 0.884. The van der Waals surface area contributed by atoms with Gasteiger partial charge >= 0.3 is 6.03 Å². The van der Waals surface area contributed by atoms with Crippen molar-refractivity contribution in [2.24, 2.45) is 0 Å². The number of nitrogens with zero attached hydrogens (tertiary/aromatic N) is 1. The van der Waals surface area contributed by atoms with Gasteiger partial charge in [0.2, 0.25) is 0 Å². The molecule has 0 aliphatic carbocycles. The number of methoxy groups -OCH3 is 1. The van der Waals surface area contributed by atoms with E-state index in [0.717, 1.165) is 46.6 Å². The van der Waals surface area contributed by atoms with E-state index in [9.17, 15) is 4.79 Å². The summed E-state index contributed by atoms with van der Waals surface area (Å²) < 4.78 is 5.44. The van der Waals surface area contributed by atoms with Gasteiger partial charge in [-0.2, -0.15) is 11.8 Å². The Morgan fingerprint density at radius 3 is 3.13 bits per heavy atom. The second kappa shape index (κ2) is 7.17. The normalized spacial score (nSPS) is 17.4. The van der Waals surface area contributed by atoms with Gasteiger partial charge in [0.05, 0.1) is 7.11 Å². The van der Waals surface area contributed by atoms with Crippen molar-refractivity contribution >= 4 is 28.7 Å². The fourth-order valence-corrected chi connectivity index (χ4v) is 4.28. The van der Waals surface area contributed by atoms with Crippen molar-refractivity contribution in [2.75, 3.05) is 32.2 Å². The number of aromatic nitrogens is 1. The number of carbonyl (C=O) groups excluding carboxylic acids is 1. The highest BCUT2D eigenvalue weighted by Gasteiger charge is 2.23. The minimum atomic E-state index is 0.0179. The highest BCUT2D eigenvalue weighted by atomic mass is 32.2. The third-order valence-corrected chi connectivity index (χ3v) is 5.56. The Bertz CT molecular complexity index is 680. The van der Waals surface area contributed by atoms with Gasteiger partial charge < -0.3 is 19.9 Å². The zero-order valence-electron chi connectivity index (χ0n) is 13.6. The van der Waals surface area contributed by atoms with Crippen molar-refractivity contribution in [3.05, 3.63) is 30.0 Å². The summed E-state index contributed by atoms with van der Waals surface area (Å²) in [5.74, 6) is 3.06. The Hall–Kier alpha value is -1.82. The molecule has 124 valence electrons. The number of H-pyrrole nitrogens is 1. The monoisotopic (exact) mass is 333 g/mol. The summed E-state index contributed by atoms with van der Waals surface area (Å²) in [7, 11) is 3.57. The molecule has 0 bridgehead atoms. The first-order chi connectivity index (χ1) is 11.2. The van der Waals surface area contributed by atoms with Gasteiger partial charge in [-0.1, -0.05) is 6.07 Å². The molecule has 0 saturated carbocycles. The van der Waals surface area contributed by atoms with Gasteiger partial charge in [0.25, 0.3) is 0 Å². The highest BCUT2D eigenvalue weighted by Crippen LogP contribution is 2.28. The summed E-state index contributed by atoms with van der Waals surface area (Å²) in [4.78, 5) is 17.3. The lowest BCUT2D eigenvalue weighted by atomic mass is 10.1. The average Bonchev–Trinajstić information content (AvgIpc) is 3.23. The van der Waals surface area contributed by atoms with Crippen LogP contribution in [0.25, 0.3) is 10.9 Å².